The molecule has 6 heteroatoms. The average molecular weight is 361 g/mol. The van der Waals surface area contributed by atoms with E-state index in [1.807, 2.05) is 28.2 Å². The molecular formula is C17H34ClN4P. The molecule has 2 aliphatic carbocycles. The topological polar surface area (TPSA) is 22.1 Å². The SMILES string of the molecule is CN(C)C(=NP(Cl)N(C1CCCCC1)C1CCCCC1)N(C)C. The molecule has 4 nitrogen and oxygen atoms in total. The molecule has 0 spiro atoms. The molecule has 0 aromatic rings. The van der Waals surface area contributed by atoms with E-state index in [1.165, 1.54) is 64.2 Å². The van der Waals surface area contributed by atoms with Crippen LogP contribution in [-0.2, 0) is 0 Å². The predicted molar refractivity (Wildman–Crippen MR) is 103 cm³/mol. The van der Waals surface area contributed by atoms with Gasteiger partial charge >= 0.3 is 0 Å². The van der Waals surface area contributed by atoms with Gasteiger partial charge in [-0.1, -0.05) is 49.8 Å². The molecule has 1 unspecified atom stereocenters. The van der Waals surface area contributed by atoms with Crippen molar-refractivity contribution in [1.82, 2.24) is 14.5 Å². The van der Waals surface area contributed by atoms with Crippen LogP contribution in [0.4, 0.5) is 0 Å². The van der Waals surface area contributed by atoms with Crippen LogP contribution in [0.3, 0.4) is 0 Å². The van der Waals surface area contributed by atoms with E-state index in [-0.39, 0.29) is 0 Å². The maximum Gasteiger partial charge on any atom is 0.201 e. The van der Waals surface area contributed by atoms with Crippen molar-refractivity contribution in [1.29, 1.82) is 0 Å². The number of rotatable bonds is 4. The van der Waals surface area contributed by atoms with E-state index < -0.39 is 7.58 Å². The molecule has 0 radical (unpaired) electrons. The Morgan fingerprint density at radius 3 is 1.52 bits per heavy atom. The van der Waals surface area contributed by atoms with Crippen LogP contribution in [0, 0.1) is 0 Å². The zero-order valence-corrected chi connectivity index (χ0v) is 17.0. The van der Waals surface area contributed by atoms with Crippen LogP contribution in [0.1, 0.15) is 64.2 Å². The van der Waals surface area contributed by atoms with Crippen molar-refractivity contribution in [3.05, 3.63) is 0 Å². The van der Waals surface area contributed by atoms with E-state index >= 15 is 0 Å². The summed E-state index contributed by atoms with van der Waals surface area (Å²) >= 11 is 6.95. The summed E-state index contributed by atoms with van der Waals surface area (Å²) in [5.41, 5.74) is 0. The standard InChI is InChI=1S/C17H34ClN4P/c1-20(2)17(21(3)4)19-23(18)22(15-11-7-5-8-12-15)16-13-9-6-10-14-16/h15-16H,5-14H2,1-4H3. The molecule has 0 N–H and O–H groups in total. The van der Waals surface area contributed by atoms with Gasteiger partial charge in [0.1, 0.15) is 0 Å². The fourth-order valence-electron chi connectivity index (χ4n) is 3.96. The van der Waals surface area contributed by atoms with Gasteiger partial charge in [-0.2, -0.15) is 4.76 Å². The minimum absolute atomic E-state index is 0.643. The molecular weight excluding hydrogens is 327 g/mol. The molecule has 0 aromatic carbocycles. The second kappa shape index (κ2) is 9.44. The summed E-state index contributed by atoms with van der Waals surface area (Å²) in [6.07, 6.45) is 13.4. The Kier molecular flexibility index (Phi) is 7.91. The smallest absolute Gasteiger partial charge is 0.201 e. The van der Waals surface area contributed by atoms with Crippen molar-refractivity contribution in [3.63, 3.8) is 0 Å². The molecule has 0 saturated heterocycles. The van der Waals surface area contributed by atoms with Gasteiger partial charge in [-0.05, 0) is 25.7 Å². The highest BCUT2D eigenvalue weighted by atomic mass is 35.7. The average Bonchev–Trinajstić information content (AvgIpc) is 2.54. The summed E-state index contributed by atoms with van der Waals surface area (Å²) in [5.74, 6) is 0.975. The fourth-order valence-corrected chi connectivity index (χ4v) is 6.52. The lowest BCUT2D eigenvalue weighted by molar-refractivity contribution is 0.179. The molecule has 2 rings (SSSR count). The maximum atomic E-state index is 6.95. The number of nitrogens with zero attached hydrogens (tertiary/aromatic N) is 4. The van der Waals surface area contributed by atoms with Crippen molar-refractivity contribution < 1.29 is 0 Å². The van der Waals surface area contributed by atoms with E-state index in [4.69, 9.17) is 16.0 Å². The molecule has 0 aromatic heterocycles. The summed E-state index contributed by atoms with van der Waals surface area (Å²) in [4.78, 5) is 4.13. The molecule has 0 heterocycles. The van der Waals surface area contributed by atoms with Crippen LogP contribution in [0.5, 0.6) is 0 Å². The quantitative estimate of drug-likeness (QED) is 0.404. The van der Waals surface area contributed by atoms with Crippen LogP contribution in [0.2, 0.25) is 0 Å². The van der Waals surface area contributed by atoms with Crippen LogP contribution in [0.15, 0.2) is 4.76 Å². The van der Waals surface area contributed by atoms with Gasteiger partial charge in [-0.15, -0.1) is 0 Å². The second-order valence-electron chi connectivity index (χ2n) is 7.39. The summed E-state index contributed by atoms with van der Waals surface area (Å²) in [5, 5.41) is 0. The van der Waals surface area contributed by atoms with Crippen LogP contribution in [-0.4, -0.2) is 60.7 Å². The Balaban J connectivity index is 2.18. The van der Waals surface area contributed by atoms with E-state index in [0.717, 1.165) is 5.96 Å². The monoisotopic (exact) mass is 360 g/mol. The van der Waals surface area contributed by atoms with Gasteiger partial charge in [0.25, 0.3) is 0 Å². The van der Waals surface area contributed by atoms with Crippen molar-refractivity contribution in [2.24, 2.45) is 4.76 Å². The first kappa shape index (κ1) is 19.3. The molecule has 134 valence electrons. The lowest BCUT2D eigenvalue weighted by atomic mass is 9.91. The summed E-state index contributed by atoms with van der Waals surface area (Å²) in [7, 11) is 7.20. The first-order chi connectivity index (χ1) is 11.0. The Morgan fingerprint density at radius 2 is 1.17 bits per heavy atom. The van der Waals surface area contributed by atoms with Gasteiger partial charge in [-0.3, -0.25) is 0 Å². The highest BCUT2D eigenvalue weighted by molar-refractivity contribution is 7.81. The van der Waals surface area contributed by atoms with Crippen LogP contribution < -0.4 is 0 Å². The van der Waals surface area contributed by atoms with Crippen molar-refractivity contribution >= 4 is 24.8 Å². The van der Waals surface area contributed by atoms with E-state index in [9.17, 15) is 0 Å². The minimum atomic E-state index is -0.984. The highest BCUT2D eigenvalue weighted by Crippen LogP contribution is 2.53. The van der Waals surface area contributed by atoms with Crippen molar-refractivity contribution in [2.45, 2.75) is 76.3 Å². The number of hydrogen-bond acceptors (Lipinski definition) is 2. The first-order valence-electron chi connectivity index (χ1n) is 9.18. The van der Waals surface area contributed by atoms with Crippen LogP contribution >= 0.6 is 18.8 Å². The summed E-state index contributed by atoms with van der Waals surface area (Å²) in [6.45, 7) is 0. The number of hydrogen-bond donors (Lipinski definition) is 0. The lowest BCUT2D eigenvalue weighted by Gasteiger charge is -2.42. The molecule has 1 atom stereocenters. The fraction of sp³-hybridized carbons (Fsp3) is 0.941. The molecule has 0 aliphatic heterocycles. The Morgan fingerprint density at radius 1 is 0.783 bits per heavy atom. The summed E-state index contributed by atoms with van der Waals surface area (Å²) in [6, 6.07) is 1.29. The number of halogens is 1. The van der Waals surface area contributed by atoms with Crippen molar-refractivity contribution in [3.8, 4) is 0 Å². The highest BCUT2D eigenvalue weighted by Gasteiger charge is 2.34. The molecule has 23 heavy (non-hydrogen) atoms. The van der Waals surface area contributed by atoms with Gasteiger partial charge in [-0.25, -0.2) is 4.67 Å². The van der Waals surface area contributed by atoms with Gasteiger partial charge in [0, 0.05) is 40.3 Å². The molecule has 2 saturated carbocycles. The Labute approximate surface area is 148 Å². The van der Waals surface area contributed by atoms with E-state index in [1.54, 1.807) is 0 Å². The molecule has 2 fully saturated rings. The predicted octanol–water partition coefficient (Wildman–Crippen LogP) is 4.90. The zero-order chi connectivity index (χ0) is 16.8. The third-order valence-electron chi connectivity index (χ3n) is 5.06. The normalized spacial score (nSPS) is 22.0. The molecule has 0 bridgehead atoms. The van der Waals surface area contributed by atoms with Gasteiger partial charge < -0.3 is 9.80 Å². The van der Waals surface area contributed by atoms with E-state index in [0.29, 0.717) is 12.1 Å². The van der Waals surface area contributed by atoms with Crippen molar-refractivity contribution in [2.75, 3.05) is 28.2 Å². The van der Waals surface area contributed by atoms with Gasteiger partial charge in [0.05, 0.1) is 0 Å². The van der Waals surface area contributed by atoms with E-state index in [2.05, 4.69) is 14.5 Å². The Hall–Kier alpha value is -0.0500. The lowest BCUT2D eigenvalue weighted by Crippen LogP contribution is -2.41. The maximum absolute atomic E-state index is 6.95. The summed E-state index contributed by atoms with van der Waals surface area (Å²) < 4.78 is 7.58. The zero-order valence-electron chi connectivity index (χ0n) is 15.3. The van der Waals surface area contributed by atoms with Crippen LogP contribution in [0.25, 0.3) is 0 Å². The molecule has 2 aliphatic rings. The third-order valence-corrected chi connectivity index (χ3v) is 7.19. The number of guanidine groups is 1. The Bertz CT molecular complexity index is 349. The first-order valence-corrected chi connectivity index (χ1v) is 11.3. The second-order valence-corrected chi connectivity index (χ2v) is 9.44. The largest absolute Gasteiger partial charge is 0.349 e. The molecule has 0 amide bonds. The van der Waals surface area contributed by atoms with Gasteiger partial charge in [0.15, 0.2) is 7.58 Å². The minimum Gasteiger partial charge on any atom is -0.349 e. The van der Waals surface area contributed by atoms with Gasteiger partial charge in [0.2, 0.25) is 5.96 Å². The third kappa shape index (κ3) is 5.47.